The van der Waals surface area contributed by atoms with E-state index in [1.807, 2.05) is 0 Å². The van der Waals surface area contributed by atoms with Crippen LogP contribution in [0, 0.1) is 0 Å². The number of hydrogen-bond donors (Lipinski definition) is 1. The van der Waals surface area contributed by atoms with Crippen LogP contribution in [0.4, 0.5) is 0 Å². The lowest BCUT2D eigenvalue weighted by atomic mass is 10.1. The molecule has 0 aliphatic carbocycles. The zero-order valence-electron chi connectivity index (χ0n) is 10.3. The van der Waals surface area contributed by atoms with E-state index in [2.05, 4.69) is 39.5 Å². The monoisotopic (exact) mass is 208 g/mol. The lowest BCUT2D eigenvalue weighted by Crippen LogP contribution is -1.99. The molecule has 15 heavy (non-hydrogen) atoms. The van der Waals surface area contributed by atoms with Gasteiger partial charge in [0.25, 0.3) is 0 Å². The number of allylic oxidation sites excluding steroid dienone is 4. The maximum Gasteiger partial charge on any atom is 0.0721 e. The Hall–Kier alpha value is -0.820. The second-order valence-electron chi connectivity index (χ2n) is 4.25. The van der Waals surface area contributed by atoms with Crippen molar-refractivity contribution >= 4 is 0 Å². The highest BCUT2D eigenvalue weighted by Gasteiger charge is 1.95. The SMILES string of the molecule is C=C[C@H](O)CCC=C(C)CCC=C(C)C. The molecule has 1 N–H and O–H groups in total. The summed E-state index contributed by atoms with van der Waals surface area (Å²) in [6.45, 7) is 9.95. The van der Waals surface area contributed by atoms with Gasteiger partial charge in [-0.3, -0.25) is 0 Å². The van der Waals surface area contributed by atoms with Gasteiger partial charge in [0.2, 0.25) is 0 Å². The van der Waals surface area contributed by atoms with Crippen LogP contribution in [0.2, 0.25) is 0 Å². The molecule has 1 heteroatoms. The molecule has 0 spiro atoms. The van der Waals surface area contributed by atoms with Crippen molar-refractivity contribution < 1.29 is 5.11 Å². The second-order valence-corrected chi connectivity index (χ2v) is 4.25. The average Bonchev–Trinajstić information content (AvgIpc) is 2.17. The normalized spacial score (nSPS) is 13.5. The number of aliphatic hydroxyl groups excluding tert-OH is 1. The lowest BCUT2D eigenvalue weighted by Gasteiger charge is -2.02. The Labute approximate surface area is 94.2 Å². The highest BCUT2D eigenvalue weighted by Crippen LogP contribution is 2.09. The van der Waals surface area contributed by atoms with Crippen molar-refractivity contribution in [3.05, 3.63) is 36.0 Å². The lowest BCUT2D eigenvalue weighted by molar-refractivity contribution is 0.214. The van der Waals surface area contributed by atoms with Crippen molar-refractivity contribution in [3.8, 4) is 0 Å². The molecule has 0 saturated carbocycles. The van der Waals surface area contributed by atoms with E-state index in [1.54, 1.807) is 6.08 Å². The van der Waals surface area contributed by atoms with E-state index in [4.69, 9.17) is 0 Å². The quantitative estimate of drug-likeness (QED) is 0.627. The van der Waals surface area contributed by atoms with Crippen LogP contribution in [0.15, 0.2) is 36.0 Å². The van der Waals surface area contributed by atoms with E-state index in [9.17, 15) is 5.11 Å². The highest BCUT2D eigenvalue weighted by atomic mass is 16.3. The summed E-state index contributed by atoms with van der Waals surface area (Å²) < 4.78 is 0. The third kappa shape index (κ3) is 9.48. The van der Waals surface area contributed by atoms with Gasteiger partial charge >= 0.3 is 0 Å². The van der Waals surface area contributed by atoms with Crippen molar-refractivity contribution in [2.75, 3.05) is 0 Å². The predicted molar refractivity (Wildman–Crippen MR) is 67.9 cm³/mol. The van der Waals surface area contributed by atoms with Crippen LogP contribution >= 0.6 is 0 Å². The summed E-state index contributed by atoms with van der Waals surface area (Å²) >= 11 is 0. The summed E-state index contributed by atoms with van der Waals surface area (Å²) in [7, 11) is 0. The first-order chi connectivity index (χ1) is 7.06. The molecule has 1 nitrogen and oxygen atoms in total. The van der Waals surface area contributed by atoms with Crippen LogP contribution in [-0.2, 0) is 0 Å². The van der Waals surface area contributed by atoms with Gasteiger partial charge in [0.05, 0.1) is 6.10 Å². The fourth-order valence-corrected chi connectivity index (χ4v) is 1.31. The Morgan fingerprint density at radius 1 is 1.20 bits per heavy atom. The van der Waals surface area contributed by atoms with Gasteiger partial charge in [0.1, 0.15) is 0 Å². The van der Waals surface area contributed by atoms with Crippen LogP contribution in [0.3, 0.4) is 0 Å². The summed E-state index contributed by atoms with van der Waals surface area (Å²) in [5, 5.41) is 9.26. The van der Waals surface area contributed by atoms with E-state index in [0.717, 1.165) is 25.7 Å². The van der Waals surface area contributed by atoms with Crippen molar-refractivity contribution in [1.82, 2.24) is 0 Å². The van der Waals surface area contributed by atoms with E-state index in [1.165, 1.54) is 11.1 Å². The molecule has 0 saturated heterocycles. The molecule has 0 aromatic rings. The molecule has 0 bridgehead atoms. The maximum atomic E-state index is 9.26. The first-order valence-electron chi connectivity index (χ1n) is 5.66. The minimum Gasteiger partial charge on any atom is -0.389 e. The maximum absolute atomic E-state index is 9.26. The molecular weight excluding hydrogens is 184 g/mol. The van der Waals surface area contributed by atoms with Gasteiger partial charge in [-0.1, -0.05) is 29.4 Å². The molecule has 0 aromatic heterocycles. The minimum absolute atomic E-state index is 0.355. The van der Waals surface area contributed by atoms with Crippen molar-refractivity contribution in [1.29, 1.82) is 0 Å². The molecule has 86 valence electrons. The number of aliphatic hydroxyl groups is 1. The Morgan fingerprint density at radius 2 is 1.87 bits per heavy atom. The fourth-order valence-electron chi connectivity index (χ4n) is 1.31. The predicted octanol–water partition coefficient (Wildman–Crippen LogP) is 4.01. The van der Waals surface area contributed by atoms with Crippen LogP contribution in [0.25, 0.3) is 0 Å². The standard InChI is InChI=1S/C14H24O/c1-5-14(15)11-7-10-13(4)9-6-8-12(2)3/h5,8,10,14-15H,1,6-7,9,11H2,2-4H3/t14-/m0/s1. The Kier molecular flexibility index (Phi) is 8.02. The van der Waals surface area contributed by atoms with Gasteiger partial charge in [-0.15, -0.1) is 6.58 Å². The van der Waals surface area contributed by atoms with Gasteiger partial charge in [-0.05, 0) is 46.5 Å². The highest BCUT2D eigenvalue weighted by molar-refractivity contribution is 5.02. The molecule has 0 aromatic carbocycles. The van der Waals surface area contributed by atoms with Crippen LogP contribution in [0.5, 0.6) is 0 Å². The minimum atomic E-state index is -0.355. The summed E-state index contributed by atoms with van der Waals surface area (Å²) in [4.78, 5) is 0. The molecule has 0 fully saturated rings. The fraction of sp³-hybridized carbons (Fsp3) is 0.571. The van der Waals surface area contributed by atoms with Gasteiger partial charge < -0.3 is 5.11 Å². The molecule has 0 rings (SSSR count). The summed E-state index contributed by atoms with van der Waals surface area (Å²) in [5.74, 6) is 0. The van der Waals surface area contributed by atoms with Crippen molar-refractivity contribution in [2.24, 2.45) is 0 Å². The number of hydrogen-bond acceptors (Lipinski definition) is 1. The van der Waals surface area contributed by atoms with Gasteiger partial charge in [0.15, 0.2) is 0 Å². The van der Waals surface area contributed by atoms with Gasteiger partial charge in [-0.2, -0.15) is 0 Å². The molecular formula is C14H24O. The van der Waals surface area contributed by atoms with Crippen LogP contribution in [0.1, 0.15) is 46.5 Å². The van der Waals surface area contributed by atoms with E-state index < -0.39 is 0 Å². The summed E-state index contributed by atoms with van der Waals surface area (Å²) in [5.41, 5.74) is 2.79. The first kappa shape index (κ1) is 14.2. The largest absolute Gasteiger partial charge is 0.389 e. The van der Waals surface area contributed by atoms with Gasteiger partial charge in [0, 0.05) is 0 Å². The third-order valence-corrected chi connectivity index (χ3v) is 2.32. The summed E-state index contributed by atoms with van der Waals surface area (Å²) in [6, 6.07) is 0. The smallest absolute Gasteiger partial charge is 0.0721 e. The van der Waals surface area contributed by atoms with E-state index in [-0.39, 0.29) is 6.10 Å². The third-order valence-electron chi connectivity index (χ3n) is 2.32. The first-order valence-corrected chi connectivity index (χ1v) is 5.66. The van der Waals surface area contributed by atoms with Crippen molar-refractivity contribution in [3.63, 3.8) is 0 Å². The molecule has 0 heterocycles. The molecule has 0 aliphatic heterocycles. The van der Waals surface area contributed by atoms with Crippen LogP contribution < -0.4 is 0 Å². The Balaban J connectivity index is 3.70. The van der Waals surface area contributed by atoms with Crippen LogP contribution in [-0.4, -0.2) is 11.2 Å². The van der Waals surface area contributed by atoms with E-state index >= 15 is 0 Å². The topological polar surface area (TPSA) is 20.2 Å². The molecule has 0 unspecified atom stereocenters. The zero-order valence-corrected chi connectivity index (χ0v) is 10.3. The average molecular weight is 208 g/mol. The van der Waals surface area contributed by atoms with Crippen molar-refractivity contribution in [2.45, 2.75) is 52.6 Å². The molecule has 0 aliphatic rings. The molecule has 1 atom stereocenters. The van der Waals surface area contributed by atoms with Gasteiger partial charge in [-0.25, -0.2) is 0 Å². The Morgan fingerprint density at radius 3 is 2.40 bits per heavy atom. The number of rotatable bonds is 7. The molecule has 0 amide bonds. The van der Waals surface area contributed by atoms with E-state index in [0.29, 0.717) is 0 Å². The molecule has 0 radical (unpaired) electrons. The summed E-state index contributed by atoms with van der Waals surface area (Å²) in [6.07, 6.45) is 9.67. The second kappa shape index (κ2) is 8.49. The Bertz CT molecular complexity index is 232. The zero-order chi connectivity index (χ0) is 11.7.